The first-order valence-corrected chi connectivity index (χ1v) is 22.1. The number of oxime groups is 1. The topological polar surface area (TPSA) is 110 Å². The summed E-state index contributed by atoms with van der Waals surface area (Å²) in [6.45, 7) is 9.19. The molecule has 1 aliphatic heterocycles. The van der Waals surface area contributed by atoms with Gasteiger partial charge in [0.2, 0.25) is 11.7 Å². The molecule has 1 amide bonds. The zero-order valence-electron chi connectivity index (χ0n) is 34.9. The average molecular weight is 805 g/mol. The second kappa shape index (κ2) is 20.2. The Morgan fingerprint density at radius 3 is 2.47 bits per heavy atom. The number of fused-ring (bicyclic) bond motifs is 3. The van der Waals surface area contributed by atoms with Crippen molar-refractivity contribution < 1.29 is 34.1 Å². The molecule has 2 saturated carbocycles. The molecule has 9 nitrogen and oxygen atoms in total. The number of unbranched alkanes of at least 4 members (excludes halogenated alkanes) is 2. The molecule has 2 N–H and O–H groups in total. The van der Waals surface area contributed by atoms with Crippen LogP contribution in [0.15, 0.2) is 103 Å². The van der Waals surface area contributed by atoms with Gasteiger partial charge in [-0.3, -0.25) is 4.79 Å². The monoisotopic (exact) mass is 804 g/mol. The molecular weight excluding hydrogens is 741 g/mol. The molecule has 9 heteroatoms. The summed E-state index contributed by atoms with van der Waals surface area (Å²) < 4.78 is 20.8. The number of carbonyl (C=O) groups excluding carboxylic acids is 1. The third-order valence-electron chi connectivity index (χ3n) is 13.4. The molecule has 59 heavy (non-hydrogen) atoms. The van der Waals surface area contributed by atoms with E-state index < -0.39 is 11.8 Å². The predicted molar refractivity (Wildman–Crippen MR) is 233 cm³/mol. The molecule has 7 rings (SSSR count). The molecule has 316 valence electrons. The summed E-state index contributed by atoms with van der Waals surface area (Å²) in [5.74, 6) is 0.548. The maximum absolute atomic E-state index is 15.2. The molecule has 2 fully saturated rings. The number of ether oxygens (including phenoxy) is 3. The van der Waals surface area contributed by atoms with Gasteiger partial charge in [0.1, 0.15) is 31.3 Å². The van der Waals surface area contributed by atoms with Gasteiger partial charge in [0.05, 0.1) is 18.2 Å². The Morgan fingerprint density at radius 1 is 0.949 bits per heavy atom. The summed E-state index contributed by atoms with van der Waals surface area (Å²) in [5, 5.41) is 26.8. The fourth-order valence-corrected chi connectivity index (χ4v) is 10.8. The van der Waals surface area contributed by atoms with Crippen LogP contribution in [0.1, 0.15) is 101 Å². The van der Waals surface area contributed by atoms with Crippen LogP contribution in [0, 0.1) is 23.7 Å². The van der Waals surface area contributed by atoms with Gasteiger partial charge in [0.25, 0.3) is 0 Å². The van der Waals surface area contributed by atoms with Crippen LogP contribution in [0.5, 0.6) is 11.5 Å². The van der Waals surface area contributed by atoms with Crippen molar-refractivity contribution in [2.24, 2.45) is 28.8 Å². The highest BCUT2D eigenvalue weighted by Crippen LogP contribution is 2.62. The van der Waals surface area contributed by atoms with Gasteiger partial charge in [-0.25, -0.2) is 0 Å². The number of nitrogens with zero attached hydrogens (tertiary/aromatic N) is 2. The first kappa shape index (κ1) is 42.7. The Labute approximate surface area is 350 Å². The second-order valence-corrected chi connectivity index (χ2v) is 16.9. The maximum atomic E-state index is 15.2. The molecule has 4 aliphatic rings. The molecule has 6 atom stereocenters. The van der Waals surface area contributed by atoms with E-state index in [1.807, 2.05) is 12.1 Å². The maximum Gasteiger partial charge on any atom is 0.239 e. The summed E-state index contributed by atoms with van der Waals surface area (Å²) in [6.07, 6.45) is 17.2. The molecule has 3 aromatic carbocycles. The van der Waals surface area contributed by atoms with E-state index in [1.54, 1.807) is 19.3 Å². The Morgan fingerprint density at radius 2 is 1.71 bits per heavy atom. The van der Waals surface area contributed by atoms with Gasteiger partial charge in [-0.15, -0.1) is 6.58 Å². The zero-order valence-corrected chi connectivity index (χ0v) is 34.9. The van der Waals surface area contributed by atoms with Crippen molar-refractivity contribution in [2.75, 3.05) is 33.5 Å². The van der Waals surface area contributed by atoms with Crippen LogP contribution in [0.3, 0.4) is 0 Å². The average Bonchev–Trinajstić information content (AvgIpc) is 3.79. The van der Waals surface area contributed by atoms with E-state index in [0.29, 0.717) is 44.1 Å². The SMILES string of the molecule is C=CCOc1ccc2c(c1)[C@H]1[C@H](CCCCO)[C@@H](CCCCO)C=C3C(=NOC)C[C@H](N(Cc4cccc5ccccc45)C(=O)CCC4CCCC4)[C@@](OCC=C)(O2)[C@H]31. The molecule has 0 unspecified atom stereocenters. The standard InChI is InChI=1S/C50H64N2O7/c1-4-29-57-39-24-25-45-43(32-39)48-41(22-11-13-28-54)37(18-10-12-27-53)31-42-44(51-56-3)33-46(50(59-45,49(42)48)58-30-5-2)52(47(55)26-23-35-15-6-7-16-35)34-38-20-14-19-36-17-8-9-21-40(36)38/h4-5,8-9,14,17,19-21,24-25,31-32,35,37,41,46,48-49,53-54H,1-2,6-7,10-13,15-16,18,22-23,26-30,33-34H2,3H3/t37-,41+,46-,48+,49+,50+/m0/s1. The number of aliphatic hydroxyl groups is 2. The summed E-state index contributed by atoms with van der Waals surface area (Å²) in [6, 6.07) is 20.2. The summed E-state index contributed by atoms with van der Waals surface area (Å²) >= 11 is 0. The van der Waals surface area contributed by atoms with Gasteiger partial charge in [-0.1, -0.05) is 111 Å². The van der Waals surface area contributed by atoms with Crippen molar-refractivity contribution >= 4 is 22.4 Å². The largest absolute Gasteiger partial charge is 0.490 e. The van der Waals surface area contributed by atoms with Crippen molar-refractivity contribution in [2.45, 2.75) is 108 Å². The minimum absolute atomic E-state index is 0.0805. The van der Waals surface area contributed by atoms with Gasteiger partial charge in [-0.05, 0) is 90.0 Å². The van der Waals surface area contributed by atoms with Gasteiger partial charge >= 0.3 is 0 Å². The number of allylic oxidation sites excluding steroid dienone is 1. The third-order valence-corrected chi connectivity index (χ3v) is 13.4. The number of rotatable bonds is 21. The van der Waals surface area contributed by atoms with E-state index in [2.05, 4.69) is 72.7 Å². The van der Waals surface area contributed by atoms with Crippen LogP contribution in [0.2, 0.25) is 0 Å². The molecule has 0 aromatic heterocycles. The highest BCUT2D eigenvalue weighted by molar-refractivity contribution is 6.03. The number of benzene rings is 3. The number of hydrogen-bond acceptors (Lipinski definition) is 8. The number of hydrogen-bond donors (Lipinski definition) is 2. The van der Waals surface area contributed by atoms with Gasteiger partial charge < -0.3 is 34.2 Å². The van der Waals surface area contributed by atoms with E-state index in [-0.39, 0.29) is 49.4 Å². The number of amides is 1. The first-order valence-electron chi connectivity index (χ1n) is 22.1. The Hall–Kier alpha value is -4.44. The van der Waals surface area contributed by atoms with Crippen LogP contribution in [0.4, 0.5) is 0 Å². The molecule has 0 radical (unpaired) electrons. The minimum atomic E-state index is -1.31. The van der Waals surface area contributed by atoms with E-state index >= 15 is 4.79 Å². The minimum Gasteiger partial charge on any atom is -0.490 e. The van der Waals surface area contributed by atoms with Crippen molar-refractivity contribution in [1.29, 1.82) is 0 Å². The Bertz CT molecular complexity index is 1960. The number of aliphatic hydroxyl groups excluding tert-OH is 2. The van der Waals surface area contributed by atoms with Gasteiger partial charge in [0.15, 0.2) is 0 Å². The molecule has 3 aliphatic carbocycles. The van der Waals surface area contributed by atoms with E-state index in [1.165, 1.54) is 25.7 Å². The quantitative estimate of drug-likeness (QED) is 0.0627. The Kier molecular flexibility index (Phi) is 14.6. The summed E-state index contributed by atoms with van der Waals surface area (Å²) in [7, 11) is 1.59. The van der Waals surface area contributed by atoms with Crippen LogP contribution in [-0.2, 0) is 20.9 Å². The van der Waals surface area contributed by atoms with Crippen LogP contribution in [-0.4, -0.2) is 72.1 Å². The molecule has 1 heterocycles. The zero-order chi connectivity index (χ0) is 41.2. The van der Waals surface area contributed by atoms with Crippen LogP contribution >= 0.6 is 0 Å². The number of carbonyl (C=O) groups is 1. The van der Waals surface area contributed by atoms with E-state index in [0.717, 1.165) is 77.5 Å². The second-order valence-electron chi connectivity index (χ2n) is 16.9. The molecule has 0 saturated heterocycles. The highest BCUT2D eigenvalue weighted by atomic mass is 16.7. The molecule has 0 spiro atoms. The Balaban J connectivity index is 1.44. The lowest BCUT2D eigenvalue weighted by molar-refractivity contribution is -0.258. The van der Waals surface area contributed by atoms with Gasteiger partial charge in [0, 0.05) is 44.1 Å². The van der Waals surface area contributed by atoms with Crippen LogP contribution < -0.4 is 9.47 Å². The van der Waals surface area contributed by atoms with Crippen molar-refractivity contribution in [3.05, 3.63) is 109 Å². The highest BCUT2D eigenvalue weighted by Gasteiger charge is 2.65. The smallest absolute Gasteiger partial charge is 0.239 e. The van der Waals surface area contributed by atoms with Crippen molar-refractivity contribution in [3.63, 3.8) is 0 Å². The van der Waals surface area contributed by atoms with Crippen molar-refractivity contribution in [1.82, 2.24) is 4.90 Å². The summed E-state index contributed by atoms with van der Waals surface area (Å²) in [4.78, 5) is 22.9. The predicted octanol–water partition coefficient (Wildman–Crippen LogP) is 9.67. The molecule has 0 bridgehead atoms. The van der Waals surface area contributed by atoms with E-state index in [4.69, 9.17) is 24.2 Å². The normalized spacial score (nSPS) is 25.4. The van der Waals surface area contributed by atoms with Crippen molar-refractivity contribution in [3.8, 4) is 11.5 Å². The fourth-order valence-electron chi connectivity index (χ4n) is 10.8. The van der Waals surface area contributed by atoms with Crippen LogP contribution in [0.25, 0.3) is 10.8 Å². The summed E-state index contributed by atoms with van der Waals surface area (Å²) in [5.41, 5.74) is 3.92. The molecule has 3 aromatic rings. The molecular formula is C50H64N2O7. The first-order chi connectivity index (χ1) is 29.0. The lowest BCUT2D eigenvalue weighted by atomic mass is 9.55. The fraction of sp³-hybridized carbons (Fsp3) is 0.520. The lowest BCUT2D eigenvalue weighted by Crippen LogP contribution is -2.70. The van der Waals surface area contributed by atoms with Gasteiger partial charge in [-0.2, -0.15) is 0 Å². The third kappa shape index (κ3) is 9.18. The van der Waals surface area contributed by atoms with E-state index in [9.17, 15) is 10.2 Å². The lowest BCUT2D eigenvalue weighted by Gasteiger charge is -2.60.